The average molecular weight is 522 g/mol. The van der Waals surface area contributed by atoms with E-state index in [1.807, 2.05) is 12.1 Å². The molecule has 0 amide bonds. The van der Waals surface area contributed by atoms with E-state index in [1.165, 1.54) is 11.3 Å². The number of imidazole rings is 1. The number of rotatable bonds is 13. The number of ether oxygens (including phenoxy) is 1. The zero-order valence-corrected chi connectivity index (χ0v) is 23.4. The Balaban J connectivity index is 1.26. The lowest BCUT2D eigenvalue weighted by atomic mass is 10.1. The SMILES string of the molecule is C=C(C)C(=O)OCCCCCCN(CC)c1ccc(C=Cc2ccc(-c3nc4ccccc4n3C)cc2)cc1. The van der Waals surface area contributed by atoms with Gasteiger partial charge in [-0.2, -0.15) is 0 Å². The second kappa shape index (κ2) is 13.6. The predicted molar refractivity (Wildman–Crippen MR) is 164 cm³/mol. The maximum absolute atomic E-state index is 11.4. The summed E-state index contributed by atoms with van der Waals surface area (Å²) in [5, 5.41) is 0. The molecule has 0 fully saturated rings. The van der Waals surface area contributed by atoms with Crippen molar-refractivity contribution in [1.82, 2.24) is 9.55 Å². The van der Waals surface area contributed by atoms with Crippen molar-refractivity contribution >= 4 is 34.8 Å². The molecular formula is C34H39N3O2. The summed E-state index contributed by atoms with van der Waals surface area (Å²) in [4.78, 5) is 18.6. The number of fused-ring (bicyclic) bond motifs is 1. The maximum Gasteiger partial charge on any atom is 0.333 e. The fourth-order valence-corrected chi connectivity index (χ4v) is 4.65. The molecule has 4 rings (SSSR count). The molecule has 0 bridgehead atoms. The van der Waals surface area contributed by atoms with Crippen molar-refractivity contribution in [3.8, 4) is 11.4 Å². The number of hydrogen-bond donors (Lipinski definition) is 0. The van der Waals surface area contributed by atoms with Crippen molar-refractivity contribution in [2.24, 2.45) is 7.05 Å². The number of unbranched alkanes of at least 4 members (excludes halogenated alkanes) is 3. The van der Waals surface area contributed by atoms with Crippen LogP contribution in [0.2, 0.25) is 0 Å². The minimum atomic E-state index is -0.294. The Morgan fingerprint density at radius 2 is 1.56 bits per heavy atom. The minimum Gasteiger partial charge on any atom is -0.462 e. The van der Waals surface area contributed by atoms with Crippen LogP contribution < -0.4 is 4.90 Å². The molecule has 1 heterocycles. The van der Waals surface area contributed by atoms with Crippen LogP contribution >= 0.6 is 0 Å². The van der Waals surface area contributed by atoms with E-state index in [4.69, 9.17) is 9.72 Å². The van der Waals surface area contributed by atoms with Gasteiger partial charge in [-0.1, -0.05) is 73.7 Å². The summed E-state index contributed by atoms with van der Waals surface area (Å²) in [7, 11) is 2.06. The number of aromatic nitrogens is 2. The Morgan fingerprint density at radius 1 is 0.923 bits per heavy atom. The molecule has 0 spiro atoms. The van der Waals surface area contributed by atoms with Crippen LogP contribution in [-0.4, -0.2) is 35.2 Å². The first-order valence-corrected chi connectivity index (χ1v) is 13.8. The molecule has 202 valence electrons. The van der Waals surface area contributed by atoms with Gasteiger partial charge in [0.2, 0.25) is 0 Å². The molecule has 5 heteroatoms. The largest absolute Gasteiger partial charge is 0.462 e. The minimum absolute atomic E-state index is 0.294. The second-order valence-corrected chi connectivity index (χ2v) is 9.94. The third-order valence-corrected chi connectivity index (χ3v) is 6.97. The van der Waals surface area contributed by atoms with E-state index in [9.17, 15) is 4.79 Å². The van der Waals surface area contributed by atoms with Crippen molar-refractivity contribution in [2.75, 3.05) is 24.6 Å². The van der Waals surface area contributed by atoms with Crippen LogP contribution in [0, 0.1) is 0 Å². The highest BCUT2D eigenvalue weighted by molar-refractivity contribution is 5.86. The van der Waals surface area contributed by atoms with Crippen LogP contribution in [0.4, 0.5) is 5.69 Å². The van der Waals surface area contributed by atoms with E-state index in [-0.39, 0.29) is 5.97 Å². The van der Waals surface area contributed by atoms with E-state index in [0.717, 1.165) is 66.8 Å². The molecule has 5 nitrogen and oxygen atoms in total. The van der Waals surface area contributed by atoms with Gasteiger partial charge in [-0.3, -0.25) is 0 Å². The van der Waals surface area contributed by atoms with E-state index >= 15 is 0 Å². The number of benzene rings is 3. The Kier molecular flexibility index (Phi) is 9.74. The molecule has 0 saturated carbocycles. The highest BCUT2D eigenvalue weighted by Gasteiger charge is 2.09. The number of carbonyl (C=O) groups excluding carboxylic acids is 1. The van der Waals surface area contributed by atoms with Crippen LogP contribution in [0.25, 0.3) is 34.6 Å². The summed E-state index contributed by atoms with van der Waals surface area (Å²) >= 11 is 0. The number of carbonyl (C=O) groups is 1. The number of hydrogen-bond acceptors (Lipinski definition) is 4. The van der Waals surface area contributed by atoms with Crippen LogP contribution in [0.1, 0.15) is 50.7 Å². The van der Waals surface area contributed by atoms with Gasteiger partial charge in [0.25, 0.3) is 0 Å². The first-order chi connectivity index (χ1) is 19.0. The Bertz CT molecular complexity index is 1420. The van der Waals surface area contributed by atoms with Gasteiger partial charge in [0.1, 0.15) is 5.82 Å². The zero-order valence-electron chi connectivity index (χ0n) is 23.4. The second-order valence-electron chi connectivity index (χ2n) is 9.94. The van der Waals surface area contributed by atoms with Crippen molar-refractivity contribution in [2.45, 2.75) is 39.5 Å². The molecule has 0 atom stereocenters. The Morgan fingerprint density at radius 3 is 2.21 bits per heavy atom. The molecule has 0 unspecified atom stereocenters. The highest BCUT2D eigenvalue weighted by atomic mass is 16.5. The van der Waals surface area contributed by atoms with Crippen LogP contribution in [0.5, 0.6) is 0 Å². The fraction of sp³-hybridized carbons (Fsp3) is 0.294. The number of para-hydroxylation sites is 2. The van der Waals surface area contributed by atoms with E-state index < -0.39 is 0 Å². The lowest BCUT2D eigenvalue weighted by Crippen LogP contribution is -2.23. The molecule has 39 heavy (non-hydrogen) atoms. The summed E-state index contributed by atoms with van der Waals surface area (Å²) in [5.74, 6) is 0.685. The third-order valence-electron chi connectivity index (χ3n) is 6.97. The van der Waals surface area contributed by atoms with Crippen molar-refractivity contribution in [3.05, 3.63) is 96.1 Å². The first-order valence-electron chi connectivity index (χ1n) is 13.8. The molecule has 4 aromatic rings. The van der Waals surface area contributed by atoms with Crippen LogP contribution in [0.15, 0.2) is 84.9 Å². The van der Waals surface area contributed by atoms with E-state index in [0.29, 0.717) is 12.2 Å². The molecule has 1 aromatic heterocycles. The van der Waals surface area contributed by atoms with Gasteiger partial charge in [0, 0.05) is 37.0 Å². The zero-order chi connectivity index (χ0) is 27.6. The van der Waals surface area contributed by atoms with Gasteiger partial charge >= 0.3 is 5.97 Å². The molecule has 0 aliphatic heterocycles. The topological polar surface area (TPSA) is 47.4 Å². The Hall–Kier alpha value is -4.12. The standard InChI is InChI=1S/C34H39N3O2/c1-5-37(24-10-6-7-11-25-39-34(38)26(2)3)30-22-18-28(19-23-30)15-14-27-16-20-29(21-17-27)33-35-31-12-8-9-13-32(31)36(33)4/h8-9,12-23H,2,5-7,10-11,24-25H2,1,3-4H3. The van der Waals surface area contributed by atoms with Crippen molar-refractivity contribution in [3.63, 3.8) is 0 Å². The lowest BCUT2D eigenvalue weighted by molar-refractivity contribution is -0.139. The molecular weight excluding hydrogens is 482 g/mol. The number of esters is 1. The summed E-state index contributed by atoms with van der Waals surface area (Å²) in [6.07, 6.45) is 8.51. The van der Waals surface area contributed by atoms with Crippen molar-refractivity contribution in [1.29, 1.82) is 0 Å². The summed E-state index contributed by atoms with van der Waals surface area (Å²) < 4.78 is 7.31. The van der Waals surface area contributed by atoms with Crippen molar-refractivity contribution < 1.29 is 9.53 Å². The summed E-state index contributed by atoms with van der Waals surface area (Å²) in [5.41, 5.74) is 7.31. The van der Waals surface area contributed by atoms with Gasteiger partial charge in [-0.25, -0.2) is 9.78 Å². The average Bonchev–Trinajstić information content (AvgIpc) is 3.30. The number of nitrogens with zero attached hydrogens (tertiary/aromatic N) is 3. The van der Waals surface area contributed by atoms with Gasteiger partial charge in [-0.15, -0.1) is 0 Å². The number of aryl methyl sites for hydroxylation is 1. The molecule has 3 aromatic carbocycles. The smallest absolute Gasteiger partial charge is 0.333 e. The molecule has 0 radical (unpaired) electrons. The quantitative estimate of drug-likeness (QED) is 0.0776. The van der Waals surface area contributed by atoms with Crippen LogP contribution in [-0.2, 0) is 16.6 Å². The van der Waals surface area contributed by atoms with Gasteiger partial charge in [-0.05, 0) is 68.5 Å². The van der Waals surface area contributed by atoms with Gasteiger partial charge < -0.3 is 14.2 Å². The predicted octanol–water partition coefficient (Wildman–Crippen LogP) is 7.92. The van der Waals surface area contributed by atoms with E-state index in [1.54, 1.807) is 6.92 Å². The molecule has 0 aliphatic carbocycles. The molecule has 0 N–H and O–H groups in total. The van der Waals surface area contributed by atoms with Gasteiger partial charge in [0.05, 0.1) is 17.6 Å². The van der Waals surface area contributed by atoms with Crippen LogP contribution in [0.3, 0.4) is 0 Å². The third kappa shape index (κ3) is 7.47. The monoisotopic (exact) mass is 521 g/mol. The number of anilines is 1. The van der Waals surface area contributed by atoms with Gasteiger partial charge in [0.15, 0.2) is 0 Å². The highest BCUT2D eigenvalue weighted by Crippen LogP contribution is 2.24. The maximum atomic E-state index is 11.4. The summed E-state index contributed by atoms with van der Waals surface area (Å²) in [6.45, 7) is 9.95. The summed E-state index contributed by atoms with van der Waals surface area (Å²) in [6, 6.07) is 25.5. The van der Waals surface area contributed by atoms with E-state index in [2.05, 4.69) is 103 Å². The molecule has 0 aliphatic rings. The normalized spacial score (nSPS) is 11.3. The fourth-order valence-electron chi connectivity index (χ4n) is 4.65. The lowest BCUT2D eigenvalue weighted by Gasteiger charge is -2.23. The Labute approximate surface area is 232 Å². The molecule has 0 saturated heterocycles. The first kappa shape index (κ1) is 27.9.